The normalized spacial score (nSPS) is 12.6. The van der Waals surface area contributed by atoms with Crippen molar-refractivity contribution in [2.45, 2.75) is 13.1 Å². The number of imide groups is 1. The molecule has 2 amide bonds. The van der Waals surface area contributed by atoms with E-state index in [0.29, 0.717) is 18.8 Å². The maximum Gasteiger partial charge on any atom is 0.274 e. The molecule has 1 aliphatic heterocycles. The van der Waals surface area contributed by atoms with Crippen LogP contribution in [0.15, 0.2) is 36.4 Å². The summed E-state index contributed by atoms with van der Waals surface area (Å²) in [6.45, 7) is 1.02. The molecule has 0 saturated carbocycles. The first-order valence-electron chi connectivity index (χ1n) is 6.73. The number of rotatable bonds is 2. The minimum Gasteiger partial charge on any atom is -0.379 e. The van der Waals surface area contributed by atoms with Crippen molar-refractivity contribution in [2.24, 2.45) is 5.73 Å². The Morgan fingerprint density at radius 2 is 2.05 bits per heavy atom. The molecule has 6 nitrogen and oxygen atoms in total. The predicted molar refractivity (Wildman–Crippen MR) is 78.8 cm³/mol. The van der Waals surface area contributed by atoms with Gasteiger partial charge in [-0.1, -0.05) is 18.2 Å². The number of anilines is 1. The number of carbonyl (C=O) groups excluding carboxylic acids is 2. The van der Waals surface area contributed by atoms with Gasteiger partial charge in [0, 0.05) is 11.4 Å². The molecule has 0 atom stereocenters. The van der Waals surface area contributed by atoms with E-state index in [1.807, 2.05) is 34.9 Å². The summed E-state index contributed by atoms with van der Waals surface area (Å²) in [5, 5.41) is 5.63. The lowest BCUT2D eigenvalue weighted by Gasteiger charge is -2.10. The highest BCUT2D eigenvalue weighted by Crippen LogP contribution is 2.23. The molecule has 0 spiro atoms. The molecule has 0 unspecified atom stereocenters. The van der Waals surface area contributed by atoms with E-state index in [2.05, 4.69) is 10.6 Å². The van der Waals surface area contributed by atoms with Gasteiger partial charge in [-0.25, -0.2) is 0 Å². The first kappa shape index (κ1) is 13.4. The van der Waals surface area contributed by atoms with Crippen LogP contribution in [0, 0.1) is 0 Å². The highest BCUT2D eigenvalue weighted by atomic mass is 16.2. The van der Waals surface area contributed by atoms with Crippen LogP contribution in [0.2, 0.25) is 0 Å². The van der Waals surface area contributed by atoms with Gasteiger partial charge >= 0.3 is 0 Å². The van der Waals surface area contributed by atoms with Gasteiger partial charge in [0.25, 0.3) is 5.91 Å². The first-order valence-corrected chi connectivity index (χ1v) is 6.73. The van der Waals surface area contributed by atoms with E-state index in [0.717, 1.165) is 16.9 Å². The van der Waals surface area contributed by atoms with Gasteiger partial charge in [0.05, 0.1) is 19.6 Å². The molecular formula is C15H16N4O2. The average molecular weight is 284 g/mol. The SMILES string of the molecule is NCC(=O)NC(=O)c1ccc2n1Cc1ccccc1NC2. The van der Waals surface area contributed by atoms with E-state index in [-0.39, 0.29) is 6.54 Å². The molecule has 0 radical (unpaired) electrons. The average Bonchev–Trinajstić information content (AvgIpc) is 2.80. The van der Waals surface area contributed by atoms with Gasteiger partial charge in [0.2, 0.25) is 5.91 Å². The maximum absolute atomic E-state index is 12.1. The summed E-state index contributed by atoms with van der Waals surface area (Å²) in [6.07, 6.45) is 0. The fourth-order valence-corrected chi connectivity index (χ4v) is 2.48. The molecule has 3 rings (SSSR count). The number of nitrogens with zero attached hydrogens (tertiary/aromatic N) is 1. The Bertz CT molecular complexity index is 705. The summed E-state index contributed by atoms with van der Waals surface area (Å²) < 4.78 is 1.91. The number of aromatic nitrogens is 1. The maximum atomic E-state index is 12.1. The van der Waals surface area contributed by atoms with Crippen molar-refractivity contribution >= 4 is 17.5 Å². The van der Waals surface area contributed by atoms with Crippen LogP contribution < -0.4 is 16.4 Å². The van der Waals surface area contributed by atoms with Gasteiger partial charge in [0.1, 0.15) is 5.69 Å². The van der Waals surface area contributed by atoms with Crippen LogP contribution in [0.5, 0.6) is 0 Å². The molecule has 2 aromatic rings. The standard InChI is InChI=1S/C15H16N4O2/c16-7-14(20)18-15(21)13-6-5-11-8-17-12-4-2-1-3-10(12)9-19(11)13/h1-6,17H,7-9,16H2,(H,18,20,21). The Kier molecular flexibility index (Phi) is 3.45. The van der Waals surface area contributed by atoms with Gasteiger partial charge in [-0.2, -0.15) is 0 Å². The van der Waals surface area contributed by atoms with E-state index in [1.54, 1.807) is 6.07 Å². The Morgan fingerprint density at radius 3 is 2.86 bits per heavy atom. The lowest BCUT2D eigenvalue weighted by atomic mass is 10.2. The van der Waals surface area contributed by atoms with Crippen LogP contribution >= 0.6 is 0 Å². The number of benzene rings is 1. The summed E-state index contributed by atoms with van der Waals surface area (Å²) in [5.74, 6) is -0.904. The molecule has 21 heavy (non-hydrogen) atoms. The van der Waals surface area contributed by atoms with Gasteiger partial charge in [-0.05, 0) is 23.8 Å². The van der Waals surface area contributed by atoms with Crippen LogP contribution in [0.3, 0.4) is 0 Å². The number of hydrogen-bond acceptors (Lipinski definition) is 4. The van der Waals surface area contributed by atoms with Crippen molar-refractivity contribution in [1.82, 2.24) is 9.88 Å². The molecule has 1 aliphatic rings. The first-order chi connectivity index (χ1) is 10.2. The van der Waals surface area contributed by atoms with Crippen molar-refractivity contribution in [3.8, 4) is 0 Å². The monoisotopic (exact) mass is 284 g/mol. The van der Waals surface area contributed by atoms with E-state index in [1.165, 1.54) is 0 Å². The fraction of sp³-hybridized carbons (Fsp3) is 0.200. The Labute approximate surface area is 121 Å². The lowest BCUT2D eigenvalue weighted by molar-refractivity contribution is -0.118. The predicted octanol–water partition coefficient (Wildman–Crippen LogP) is 0.677. The molecule has 1 aromatic heterocycles. The molecule has 1 aromatic carbocycles. The zero-order valence-corrected chi connectivity index (χ0v) is 11.4. The number of fused-ring (bicyclic) bond motifs is 2. The largest absolute Gasteiger partial charge is 0.379 e. The van der Waals surface area contributed by atoms with E-state index < -0.39 is 11.8 Å². The second kappa shape index (κ2) is 5.41. The second-order valence-electron chi connectivity index (χ2n) is 4.89. The molecule has 0 aliphatic carbocycles. The fourth-order valence-electron chi connectivity index (χ4n) is 2.48. The molecule has 2 heterocycles. The molecule has 0 fully saturated rings. The van der Waals surface area contributed by atoms with E-state index >= 15 is 0 Å². The van der Waals surface area contributed by atoms with Gasteiger partial charge < -0.3 is 15.6 Å². The third-order valence-corrected chi connectivity index (χ3v) is 3.55. The van der Waals surface area contributed by atoms with Gasteiger partial charge in [-0.3, -0.25) is 14.9 Å². The topological polar surface area (TPSA) is 89.2 Å². The van der Waals surface area contributed by atoms with Crippen molar-refractivity contribution in [1.29, 1.82) is 0 Å². The Morgan fingerprint density at radius 1 is 1.24 bits per heavy atom. The quantitative estimate of drug-likeness (QED) is 0.756. The molecule has 6 heteroatoms. The zero-order valence-electron chi connectivity index (χ0n) is 11.4. The third kappa shape index (κ3) is 2.53. The van der Waals surface area contributed by atoms with Gasteiger partial charge in [0.15, 0.2) is 0 Å². The van der Waals surface area contributed by atoms with Crippen molar-refractivity contribution < 1.29 is 9.59 Å². The molecule has 0 saturated heterocycles. The number of nitrogens with two attached hydrogens (primary N) is 1. The Balaban J connectivity index is 1.93. The number of hydrogen-bond donors (Lipinski definition) is 3. The van der Waals surface area contributed by atoms with E-state index in [9.17, 15) is 9.59 Å². The van der Waals surface area contributed by atoms with E-state index in [4.69, 9.17) is 5.73 Å². The van der Waals surface area contributed by atoms with Crippen LogP contribution in [-0.4, -0.2) is 22.9 Å². The number of para-hydroxylation sites is 1. The highest BCUT2D eigenvalue weighted by Gasteiger charge is 2.19. The van der Waals surface area contributed by atoms with Crippen LogP contribution in [-0.2, 0) is 17.9 Å². The Hall–Kier alpha value is -2.60. The van der Waals surface area contributed by atoms with Crippen LogP contribution in [0.25, 0.3) is 0 Å². The highest BCUT2D eigenvalue weighted by molar-refractivity contribution is 6.04. The minimum absolute atomic E-state index is 0.205. The summed E-state index contributed by atoms with van der Waals surface area (Å²) >= 11 is 0. The molecule has 108 valence electrons. The minimum atomic E-state index is -0.484. The summed E-state index contributed by atoms with van der Waals surface area (Å²) in [4.78, 5) is 23.4. The van der Waals surface area contributed by atoms with Gasteiger partial charge in [-0.15, -0.1) is 0 Å². The molecule has 4 N–H and O–H groups in total. The number of carbonyl (C=O) groups is 2. The summed E-state index contributed by atoms with van der Waals surface area (Å²) in [6, 6.07) is 11.6. The lowest BCUT2D eigenvalue weighted by Crippen LogP contribution is -2.36. The van der Waals surface area contributed by atoms with Crippen molar-refractivity contribution in [3.05, 3.63) is 53.3 Å². The summed E-state index contributed by atoms with van der Waals surface area (Å²) in [5.41, 5.74) is 8.84. The molecule has 0 bridgehead atoms. The third-order valence-electron chi connectivity index (χ3n) is 3.55. The summed E-state index contributed by atoms with van der Waals surface area (Å²) in [7, 11) is 0. The van der Waals surface area contributed by atoms with Crippen LogP contribution in [0.1, 0.15) is 21.7 Å². The molecular weight excluding hydrogens is 268 g/mol. The van der Waals surface area contributed by atoms with Crippen LogP contribution in [0.4, 0.5) is 5.69 Å². The number of amides is 2. The van der Waals surface area contributed by atoms with Crippen molar-refractivity contribution in [2.75, 3.05) is 11.9 Å². The smallest absolute Gasteiger partial charge is 0.274 e. The number of nitrogens with one attached hydrogen (secondary N) is 2. The zero-order chi connectivity index (χ0) is 14.8. The van der Waals surface area contributed by atoms with Crippen molar-refractivity contribution in [3.63, 3.8) is 0 Å². The second-order valence-corrected chi connectivity index (χ2v) is 4.89.